The summed E-state index contributed by atoms with van der Waals surface area (Å²) >= 11 is 0. The van der Waals surface area contributed by atoms with Crippen molar-refractivity contribution in [2.24, 2.45) is 11.7 Å². The average molecular weight is 544 g/mol. The van der Waals surface area contributed by atoms with E-state index in [1.165, 1.54) is 13.8 Å². The van der Waals surface area contributed by atoms with Crippen LogP contribution in [0.1, 0.15) is 33.1 Å². The summed E-state index contributed by atoms with van der Waals surface area (Å²) in [7, 11) is 0. The lowest BCUT2D eigenvalue weighted by molar-refractivity contribution is -0.144. The van der Waals surface area contributed by atoms with E-state index in [1.807, 2.05) is 5.32 Å². The first kappa shape index (κ1) is 39.3. The van der Waals surface area contributed by atoms with Gasteiger partial charge in [0, 0.05) is 6.42 Å². The van der Waals surface area contributed by atoms with Gasteiger partial charge in [0.1, 0.15) is 18.1 Å². The van der Waals surface area contributed by atoms with Crippen LogP contribution in [0.15, 0.2) is 0 Å². The van der Waals surface area contributed by atoms with Crippen LogP contribution in [0.4, 0.5) is 0 Å². The van der Waals surface area contributed by atoms with Crippen LogP contribution in [0, 0.1) is 5.92 Å². The fourth-order valence-electron chi connectivity index (χ4n) is 2.31. The highest BCUT2D eigenvalue weighted by atomic mass is 31.0. The smallest absolute Gasteiger partial charge is 0.326 e. The van der Waals surface area contributed by atoms with Gasteiger partial charge in [0.2, 0.25) is 17.7 Å². The number of nitrogens with one attached hydrogen (secondary N) is 3. The second-order valence-electron chi connectivity index (χ2n) is 7.01. The van der Waals surface area contributed by atoms with Crippen molar-refractivity contribution in [3.05, 3.63) is 0 Å². The molecule has 0 aliphatic carbocycles. The van der Waals surface area contributed by atoms with E-state index >= 15 is 0 Å². The molecule has 0 fully saturated rings. The molecule has 0 aromatic rings. The number of rotatable bonds is 14. The topological polar surface area (TPSA) is 245 Å². The number of hydrogen-bond donors (Lipinski definition) is 8. The molecular formula is C17H31N4O10P3-6. The lowest BCUT2D eigenvalue weighted by Gasteiger charge is -3.00. The predicted molar refractivity (Wildman–Crippen MR) is 127 cm³/mol. The van der Waals surface area contributed by atoms with Crippen molar-refractivity contribution < 1.29 is 49.2 Å². The number of aliphatic carboxylic acids is 3. The molecule has 9 N–H and O–H groups in total. The van der Waals surface area contributed by atoms with Gasteiger partial charge in [-0.3, -0.25) is 24.0 Å². The Morgan fingerprint density at radius 3 is 1.68 bits per heavy atom. The van der Waals surface area contributed by atoms with Gasteiger partial charge in [-0.05, 0) is 12.3 Å². The molecule has 3 amide bonds. The van der Waals surface area contributed by atoms with Crippen molar-refractivity contribution in [2.45, 2.75) is 57.3 Å². The summed E-state index contributed by atoms with van der Waals surface area (Å²) in [4.78, 5) is 69.5. The van der Waals surface area contributed by atoms with Gasteiger partial charge in [0.25, 0.3) is 0 Å². The van der Waals surface area contributed by atoms with E-state index in [4.69, 9.17) is 21.1 Å². The van der Waals surface area contributed by atoms with Crippen molar-refractivity contribution in [3.63, 3.8) is 0 Å². The highest BCUT2D eigenvalue weighted by Gasteiger charge is 2.32. The van der Waals surface area contributed by atoms with Crippen LogP contribution in [0.3, 0.4) is 0 Å². The number of amides is 3. The maximum atomic E-state index is 12.3. The minimum absolute atomic E-state index is 0. The third kappa shape index (κ3) is 15.0. The summed E-state index contributed by atoms with van der Waals surface area (Å²) in [5.74, 6) is -7.72. The molecule has 0 aromatic heterocycles. The summed E-state index contributed by atoms with van der Waals surface area (Å²) in [6.07, 6.45) is -1.55. The summed E-state index contributed by atoms with van der Waals surface area (Å²) in [5.41, 5.74) is 5.51. The average Bonchev–Trinajstić information content (AvgIpc) is 2.66. The number of carbonyl (C=O) groups is 6. The van der Waals surface area contributed by atoms with E-state index in [-0.39, 0.29) is 36.1 Å². The van der Waals surface area contributed by atoms with Gasteiger partial charge in [0.15, 0.2) is 0 Å². The summed E-state index contributed by atoms with van der Waals surface area (Å²) in [6.45, 7) is 2.08. The molecule has 0 radical (unpaired) electrons. The van der Waals surface area contributed by atoms with Gasteiger partial charge in [-0.2, -0.15) is 0 Å². The number of carboxylic acids is 3. The molecule has 0 bridgehead atoms. The minimum Gasteiger partial charge on any atom is -3.00 e. The van der Waals surface area contributed by atoms with Crippen LogP contribution in [-0.4, -0.2) is 86.8 Å². The quantitative estimate of drug-likeness (QED) is 0.118. The first-order valence-electron chi connectivity index (χ1n) is 9.24. The third-order valence-corrected chi connectivity index (χ3v) is 4.06. The molecule has 0 unspecified atom stereocenters. The Balaban J connectivity index is -0.00000150. The Bertz CT molecular complexity index is 711. The Hall–Kier alpha value is -1.97. The number of nitrogens with two attached hydrogens (primary N) is 1. The molecule has 200 valence electrons. The first-order chi connectivity index (χ1) is 14.3. The third-order valence-electron chi connectivity index (χ3n) is 4.06. The molecule has 0 saturated carbocycles. The second-order valence-corrected chi connectivity index (χ2v) is 7.01. The lowest BCUT2D eigenvalue weighted by Crippen LogP contribution is -2.58. The standard InChI is InChI=1S/C17H28N4O10.H2P.HP.P/c1-7(2)13(17(30)31)21-15(28)9(5-12(25)26)19-16(29)10(6-22)20-14(27)8(18)3-4-11(23)24;;;/h7-10,13,22H,3-6,18H2,1-2H3,(H,19,29)(H,20,27)(H,21,28)(H,23,24)(H,25,26)(H,30,31);1H2;1H;/q;-1;-2;-3/t8-,9-,10-,13-;;;/m0.../s1. The monoisotopic (exact) mass is 544 g/mol. The normalized spacial score (nSPS) is 13.3. The van der Waals surface area contributed by atoms with Crippen molar-refractivity contribution >= 4 is 65.3 Å². The van der Waals surface area contributed by atoms with E-state index in [9.17, 15) is 33.9 Å². The highest BCUT2D eigenvalue weighted by molar-refractivity contribution is 6.92. The van der Waals surface area contributed by atoms with Crippen molar-refractivity contribution in [2.75, 3.05) is 6.61 Å². The fourth-order valence-corrected chi connectivity index (χ4v) is 2.31. The Labute approximate surface area is 206 Å². The maximum absolute atomic E-state index is 12.3. The summed E-state index contributed by atoms with van der Waals surface area (Å²) in [5, 5.41) is 42.3. The molecule has 0 spiro atoms. The molecule has 0 aliphatic heterocycles. The number of carbonyl (C=O) groups excluding carboxylic acids is 3. The molecule has 0 aliphatic rings. The van der Waals surface area contributed by atoms with Gasteiger partial charge in [-0.15, -0.1) is 0 Å². The van der Waals surface area contributed by atoms with E-state index < -0.39 is 85.2 Å². The molecule has 34 heavy (non-hydrogen) atoms. The van der Waals surface area contributed by atoms with Crippen LogP contribution in [0.25, 0.3) is 0 Å². The van der Waals surface area contributed by atoms with Gasteiger partial charge in [0.05, 0.1) is 19.1 Å². The van der Waals surface area contributed by atoms with Crippen molar-refractivity contribution in [3.8, 4) is 0 Å². The zero-order valence-electron chi connectivity index (χ0n) is 18.6. The number of hydrogen-bond acceptors (Lipinski definition) is 8. The van der Waals surface area contributed by atoms with Gasteiger partial charge < -0.3 is 71.8 Å². The molecular weight excluding hydrogens is 513 g/mol. The van der Waals surface area contributed by atoms with Crippen LogP contribution < -0.4 is 21.7 Å². The number of aliphatic hydroxyl groups is 1. The molecule has 0 heterocycles. The Morgan fingerprint density at radius 2 is 1.29 bits per heavy atom. The second kappa shape index (κ2) is 19.3. The molecule has 17 heteroatoms. The Morgan fingerprint density at radius 1 is 0.824 bits per heavy atom. The van der Waals surface area contributed by atoms with Gasteiger partial charge in [-0.25, -0.2) is 4.79 Å². The number of aliphatic hydroxyl groups excluding tert-OH is 1. The van der Waals surface area contributed by atoms with E-state index in [0.29, 0.717) is 0 Å². The lowest BCUT2D eigenvalue weighted by atomic mass is 10.0. The van der Waals surface area contributed by atoms with Crippen LogP contribution >= 0.6 is 29.7 Å². The molecule has 0 rings (SSSR count). The highest BCUT2D eigenvalue weighted by Crippen LogP contribution is 2.04. The van der Waals surface area contributed by atoms with Crippen LogP contribution in [-0.2, 0) is 28.8 Å². The zero-order chi connectivity index (χ0) is 24.3. The zero-order valence-corrected chi connectivity index (χ0v) is 21.6. The largest absolute Gasteiger partial charge is 3.00 e. The van der Waals surface area contributed by atoms with Gasteiger partial charge >= 0.3 is 17.9 Å². The molecule has 0 aromatic carbocycles. The molecule has 14 nitrogen and oxygen atoms in total. The Kier molecular flexibility index (Phi) is 22.3. The van der Waals surface area contributed by atoms with Crippen molar-refractivity contribution in [1.82, 2.24) is 16.0 Å². The van der Waals surface area contributed by atoms with Crippen LogP contribution in [0.2, 0.25) is 0 Å². The van der Waals surface area contributed by atoms with Crippen LogP contribution in [0.5, 0.6) is 0 Å². The summed E-state index contributed by atoms with van der Waals surface area (Å²) < 4.78 is 0. The number of carboxylic acid groups (broad SMARTS) is 3. The van der Waals surface area contributed by atoms with Gasteiger partial charge in [-0.1, -0.05) is 13.8 Å². The minimum atomic E-state index is -1.70. The first-order valence-corrected chi connectivity index (χ1v) is 9.24. The van der Waals surface area contributed by atoms with E-state index in [1.54, 1.807) is 0 Å². The van der Waals surface area contributed by atoms with E-state index in [2.05, 4.69) is 10.6 Å². The predicted octanol–water partition coefficient (Wildman–Crippen LogP) is -1.38. The SMILES string of the molecule is CC(C)[C@H](NC(=O)[C@H](CC(=O)O)NC(=O)[C@H](CO)NC(=O)[C@@H](N)CCC(=O)O)C(=O)O.[P-3].[PH-2].[PH2-]. The summed E-state index contributed by atoms with van der Waals surface area (Å²) in [6, 6.07) is -5.95. The van der Waals surface area contributed by atoms with Crippen molar-refractivity contribution in [1.29, 1.82) is 0 Å². The van der Waals surface area contributed by atoms with E-state index in [0.717, 1.165) is 0 Å². The molecule has 4 atom stereocenters. The molecule has 0 saturated heterocycles. The fraction of sp³-hybridized carbons (Fsp3) is 0.647. The maximum Gasteiger partial charge on any atom is 0.326 e.